The second-order valence-electron chi connectivity index (χ2n) is 2.94. The van der Waals surface area contributed by atoms with Crippen LogP contribution >= 0.6 is 23.2 Å². The number of esters is 1. The molecule has 21 heavy (non-hydrogen) atoms. The maximum atomic E-state index is 10.2. The molecule has 0 radical (unpaired) electrons. The van der Waals surface area contributed by atoms with Crippen molar-refractivity contribution in [3.05, 3.63) is 48.5 Å². The van der Waals surface area contributed by atoms with E-state index in [1.165, 1.54) is 6.08 Å². The number of ether oxygens (including phenoxy) is 1. The van der Waals surface area contributed by atoms with Gasteiger partial charge in [-0.2, -0.15) is 0 Å². The molecule has 0 aromatic carbocycles. The lowest BCUT2D eigenvalue weighted by molar-refractivity contribution is -0.139. The van der Waals surface area contributed by atoms with E-state index < -0.39 is 24.3 Å². The number of carbonyl (C=O) groups excluding carboxylic acids is 1. The van der Waals surface area contributed by atoms with E-state index in [9.17, 15) is 14.4 Å². The Kier molecular flexibility index (Phi) is 18.3. The Bertz CT molecular complexity index is 411. The van der Waals surface area contributed by atoms with Gasteiger partial charge in [-0.1, -0.05) is 55.6 Å². The second-order valence-corrected chi connectivity index (χ2v) is 4.05. The van der Waals surface area contributed by atoms with Crippen molar-refractivity contribution in [2.24, 2.45) is 0 Å². The molecule has 0 aliphatic heterocycles. The zero-order valence-corrected chi connectivity index (χ0v) is 12.7. The molecule has 0 atom stereocenters. The lowest BCUT2D eigenvalue weighted by atomic mass is 10.2. The summed E-state index contributed by atoms with van der Waals surface area (Å²) in [7, 11) is 0. The van der Waals surface area contributed by atoms with E-state index in [0.29, 0.717) is 0 Å². The molecule has 0 aromatic heterocycles. The normalized spacial score (nSPS) is 7.71. The molecular weight excluding hydrogens is 323 g/mol. The van der Waals surface area contributed by atoms with Crippen LogP contribution in [0.1, 0.15) is 6.42 Å². The lowest BCUT2D eigenvalue weighted by Crippen LogP contribution is -2.04. The average Bonchev–Trinajstić information content (AvgIpc) is 2.35. The van der Waals surface area contributed by atoms with Gasteiger partial charge in [-0.25, -0.2) is 9.59 Å². The van der Waals surface area contributed by atoms with Crippen LogP contribution in [0.15, 0.2) is 48.5 Å². The summed E-state index contributed by atoms with van der Waals surface area (Å²) in [4.78, 5) is 29.8. The summed E-state index contributed by atoms with van der Waals surface area (Å²) < 4.78 is 4.58. The number of rotatable bonds is 6. The van der Waals surface area contributed by atoms with Crippen molar-refractivity contribution in [1.29, 1.82) is 0 Å². The standard InChI is InChI=1S/C6H8O2.C5H6O4.C2H2Cl2/c1-3-5-8-6(7)4-2;1-3(5(8)9)2-4(6)7;1-2(3)4/h3-4H,1-2,5H2;1-2H2,(H,6,7)(H,8,9);1H2. The first-order valence-corrected chi connectivity index (χ1v) is 5.86. The van der Waals surface area contributed by atoms with Gasteiger partial charge in [0.25, 0.3) is 0 Å². The van der Waals surface area contributed by atoms with Crippen LogP contribution in [0.2, 0.25) is 0 Å². The Hall–Kier alpha value is -2.05. The lowest BCUT2D eigenvalue weighted by Gasteiger charge is -1.92. The fourth-order valence-electron chi connectivity index (χ4n) is 0.458. The van der Waals surface area contributed by atoms with Gasteiger partial charge in [-0.05, 0) is 0 Å². The van der Waals surface area contributed by atoms with Gasteiger partial charge in [0.2, 0.25) is 0 Å². The predicted octanol–water partition coefficient (Wildman–Crippen LogP) is 2.94. The van der Waals surface area contributed by atoms with E-state index in [2.05, 4.69) is 31.1 Å². The number of aliphatic carboxylic acids is 2. The van der Waals surface area contributed by atoms with Crippen LogP contribution in [0.4, 0.5) is 0 Å². The predicted molar refractivity (Wildman–Crippen MR) is 81.2 cm³/mol. The van der Waals surface area contributed by atoms with E-state index in [0.717, 1.165) is 6.08 Å². The Balaban J connectivity index is -0.000000249. The first-order valence-electron chi connectivity index (χ1n) is 5.11. The molecule has 2 N–H and O–H groups in total. The minimum absolute atomic E-state index is 0.111. The minimum Gasteiger partial charge on any atom is -0.481 e. The van der Waals surface area contributed by atoms with Crippen molar-refractivity contribution in [2.45, 2.75) is 6.42 Å². The highest BCUT2D eigenvalue weighted by Crippen LogP contribution is 1.98. The summed E-state index contributed by atoms with van der Waals surface area (Å²) in [5.41, 5.74) is -0.303. The van der Waals surface area contributed by atoms with Gasteiger partial charge in [0, 0.05) is 11.6 Å². The molecule has 6 nitrogen and oxygen atoms in total. The largest absolute Gasteiger partial charge is 0.481 e. The Morgan fingerprint density at radius 3 is 1.71 bits per heavy atom. The van der Waals surface area contributed by atoms with Crippen molar-refractivity contribution >= 4 is 41.1 Å². The highest BCUT2D eigenvalue weighted by atomic mass is 35.5. The van der Waals surface area contributed by atoms with E-state index in [-0.39, 0.29) is 16.7 Å². The van der Waals surface area contributed by atoms with Crippen molar-refractivity contribution in [2.75, 3.05) is 6.61 Å². The molecule has 0 amide bonds. The molecule has 0 unspecified atom stereocenters. The minimum atomic E-state index is -1.27. The average molecular weight is 339 g/mol. The highest BCUT2D eigenvalue weighted by molar-refractivity contribution is 6.55. The molecule has 0 rings (SSSR count). The first kappa shape index (κ1) is 24.0. The van der Waals surface area contributed by atoms with Crippen LogP contribution in [0.3, 0.4) is 0 Å². The number of hydrogen-bond acceptors (Lipinski definition) is 4. The molecule has 0 saturated heterocycles. The van der Waals surface area contributed by atoms with E-state index in [1.807, 2.05) is 0 Å². The second kappa shape index (κ2) is 16.0. The maximum absolute atomic E-state index is 10.2. The molecule has 0 bridgehead atoms. The molecule has 0 spiro atoms. The van der Waals surface area contributed by atoms with E-state index >= 15 is 0 Å². The SMILES string of the molecule is C=C(CC(=O)O)C(=O)O.C=C(Cl)Cl.C=CCOC(=O)C=C. The van der Waals surface area contributed by atoms with Gasteiger partial charge >= 0.3 is 17.9 Å². The zero-order chi connectivity index (χ0) is 17.4. The molecule has 8 heteroatoms. The number of carbonyl (C=O) groups is 3. The van der Waals surface area contributed by atoms with Gasteiger partial charge in [0.15, 0.2) is 0 Å². The van der Waals surface area contributed by atoms with Crippen molar-refractivity contribution in [1.82, 2.24) is 0 Å². The van der Waals surface area contributed by atoms with Crippen LogP contribution in [0.5, 0.6) is 0 Å². The van der Waals surface area contributed by atoms with Crippen LogP contribution in [0, 0.1) is 0 Å². The Labute approximate surface area is 132 Å². The molecular formula is C13H16Cl2O6. The summed E-state index contributed by atoms with van der Waals surface area (Å²) in [6, 6.07) is 0. The molecule has 0 saturated carbocycles. The number of carboxylic acid groups (broad SMARTS) is 2. The summed E-state index contributed by atoms with van der Waals surface area (Å²) >= 11 is 9.69. The van der Waals surface area contributed by atoms with Gasteiger partial charge in [0.1, 0.15) is 6.61 Å². The number of halogens is 2. The van der Waals surface area contributed by atoms with Crippen LogP contribution < -0.4 is 0 Å². The number of carboxylic acids is 2. The molecule has 0 heterocycles. The monoisotopic (exact) mass is 338 g/mol. The fraction of sp³-hybridized carbons (Fsp3) is 0.154. The first-order chi connectivity index (χ1) is 9.58. The zero-order valence-electron chi connectivity index (χ0n) is 11.2. The van der Waals surface area contributed by atoms with Crippen LogP contribution in [-0.2, 0) is 19.1 Å². The van der Waals surface area contributed by atoms with Crippen molar-refractivity contribution in [3.63, 3.8) is 0 Å². The quantitative estimate of drug-likeness (QED) is 0.438. The van der Waals surface area contributed by atoms with E-state index in [1.54, 1.807) is 0 Å². The Morgan fingerprint density at radius 2 is 1.52 bits per heavy atom. The van der Waals surface area contributed by atoms with Crippen molar-refractivity contribution in [3.8, 4) is 0 Å². The smallest absolute Gasteiger partial charge is 0.331 e. The number of hydrogen-bond donors (Lipinski definition) is 2. The summed E-state index contributed by atoms with van der Waals surface area (Å²) in [5.74, 6) is -2.86. The summed E-state index contributed by atoms with van der Waals surface area (Å²) in [5, 5.41) is 16.1. The van der Waals surface area contributed by atoms with Gasteiger partial charge < -0.3 is 14.9 Å². The summed E-state index contributed by atoms with van der Waals surface area (Å²) in [6.07, 6.45) is 2.11. The molecule has 0 fully saturated rings. The third-order valence-electron chi connectivity index (χ3n) is 1.18. The Morgan fingerprint density at radius 1 is 1.10 bits per heavy atom. The highest BCUT2D eigenvalue weighted by Gasteiger charge is 2.07. The van der Waals surface area contributed by atoms with Crippen LogP contribution in [0.25, 0.3) is 0 Å². The summed E-state index contributed by atoms with van der Waals surface area (Å²) in [6.45, 7) is 12.9. The maximum Gasteiger partial charge on any atom is 0.331 e. The molecule has 0 aromatic rings. The van der Waals surface area contributed by atoms with Crippen molar-refractivity contribution < 1.29 is 29.3 Å². The van der Waals surface area contributed by atoms with Crippen LogP contribution in [-0.4, -0.2) is 34.7 Å². The fourth-order valence-corrected chi connectivity index (χ4v) is 0.458. The molecule has 0 aliphatic rings. The topological polar surface area (TPSA) is 101 Å². The third-order valence-corrected chi connectivity index (χ3v) is 1.18. The van der Waals surface area contributed by atoms with E-state index in [4.69, 9.17) is 33.4 Å². The molecule has 0 aliphatic carbocycles. The van der Waals surface area contributed by atoms with Gasteiger partial charge in [0.05, 0.1) is 10.9 Å². The van der Waals surface area contributed by atoms with Gasteiger partial charge in [-0.15, -0.1) is 0 Å². The molecule has 118 valence electrons. The third kappa shape index (κ3) is 32.0. The van der Waals surface area contributed by atoms with Gasteiger partial charge in [-0.3, -0.25) is 4.79 Å².